The molecular weight excluding hydrogens is 324 g/mol. The molecule has 0 radical (unpaired) electrons. The Labute approximate surface area is 143 Å². The molecule has 2 N–H and O–H groups in total. The first kappa shape index (κ1) is 15.3. The Morgan fingerprint density at radius 1 is 1.36 bits per heavy atom. The number of nitriles is 1. The molecular formula is C18H14N2O5. The molecule has 3 aliphatic rings. The summed E-state index contributed by atoms with van der Waals surface area (Å²) >= 11 is 0. The van der Waals surface area contributed by atoms with E-state index in [4.69, 9.17) is 19.9 Å². The second kappa shape index (κ2) is 4.63. The molecule has 1 aromatic rings. The number of fused-ring (bicyclic) bond motifs is 1. The van der Waals surface area contributed by atoms with Crippen LogP contribution in [0.5, 0.6) is 0 Å². The summed E-state index contributed by atoms with van der Waals surface area (Å²) < 4.78 is 16.8. The molecule has 0 amide bonds. The Balaban J connectivity index is 2.09. The summed E-state index contributed by atoms with van der Waals surface area (Å²) in [6.45, 7) is 3.31. The van der Waals surface area contributed by atoms with Gasteiger partial charge >= 0.3 is 11.8 Å². The summed E-state index contributed by atoms with van der Waals surface area (Å²) in [6, 6.07) is 8.64. The van der Waals surface area contributed by atoms with Gasteiger partial charge in [0.25, 0.3) is 0 Å². The third-order valence-electron chi connectivity index (χ3n) is 4.85. The zero-order valence-corrected chi connectivity index (χ0v) is 13.6. The summed E-state index contributed by atoms with van der Waals surface area (Å²) in [5, 5.41) is 9.68. The summed E-state index contributed by atoms with van der Waals surface area (Å²) in [5.41, 5.74) is 4.72. The van der Waals surface area contributed by atoms with Gasteiger partial charge in [0.15, 0.2) is 11.2 Å². The molecule has 0 saturated heterocycles. The molecule has 7 nitrogen and oxygen atoms in total. The van der Waals surface area contributed by atoms with Crippen molar-refractivity contribution in [1.29, 1.82) is 5.26 Å². The molecule has 0 bridgehead atoms. The van der Waals surface area contributed by atoms with Crippen LogP contribution >= 0.6 is 0 Å². The second-order valence-electron chi connectivity index (χ2n) is 5.95. The standard InChI is InChI=1S/C18H14N2O5/c1-3-23-16(22)13-9(2)24-18-11-7-5-4-6-10(11)14(21)17(13,18)12(8-19)15(20)25-18/h4-7H,3,20H2,1-2H3/t17-,18+/m1/s1. The molecule has 1 aliphatic carbocycles. The van der Waals surface area contributed by atoms with Gasteiger partial charge in [-0.25, -0.2) is 4.79 Å². The molecule has 126 valence electrons. The highest BCUT2D eigenvalue weighted by molar-refractivity contribution is 6.16. The number of ether oxygens (including phenoxy) is 3. The Hall–Kier alpha value is -3.27. The van der Waals surface area contributed by atoms with E-state index in [1.807, 2.05) is 6.07 Å². The van der Waals surface area contributed by atoms with E-state index in [1.165, 1.54) is 0 Å². The molecule has 0 saturated carbocycles. The minimum absolute atomic E-state index is 0.0347. The zero-order chi connectivity index (χ0) is 18.0. The average Bonchev–Trinajstić information content (AvgIpc) is 3.05. The second-order valence-corrected chi connectivity index (χ2v) is 5.95. The Kier molecular flexibility index (Phi) is 2.83. The largest absolute Gasteiger partial charge is 0.462 e. The highest BCUT2D eigenvalue weighted by Gasteiger charge is 2.80. The predicted molar refractivity (Wildman–Crippen MR) is 83.2 cm³/mol. The fraction of sp³-hybridized carbons (Fsp3) is 0.278. The maximum absolute atomic E-state index is 13.4. The van der Waals surface area contributed by atoms with Crippen molar-refractivity contribution >= 4 is 11.8 Å². The van der Waals surface area contributed by atoms with Crippen LogP contribution in [0, 0.1) is 16.7 Å². The maximum Gasteiger partial charge on any atom is 0.339 e. The molecule has 2 atom stereocenters. The van der Waals surface area contributed by atoms with Gasteiger partial charge in [-0.15, -0.1) is 0 Å². The molecule has 2 heterocycles. The number of Topliss-reactive ketones (excluding diaryl/α,β-unsaturated/α-hetero) is 1. The fourth-order valence-corrected chi connectivity index (χ4v) is 4.05. The number of ketones is 1. The maximum atomic E-state index is 13.4. The van der Waals surface area contributed by atoms with Gasteiger partial charge in [0.1, 0.15) is 23.0 Å². The first-order chi connectivity index (χ1) is 12.0. The first-order valence-corrected chi connectivity index (χ1v) is 7.76. The number of allylic oxidation sites excluding steroid dienone is 1. The summed E-state index contributed by atoms with van der Waals surface area (Å²) in [5.74, 6) is -2.91. The highest BCUT2D eigenvalue weighted by atomic mass is 16.7. The molecule has 25 heavy (non-hydrogen) atoms. The van der Waals surface area contributed by atoms with E-state index in [2.05, 4.69) is 0 Å². The van der Waals surface area contributed by atoms with Crippen LogP contribution in [0.15, 0.2) is 47.1 Å². The number of nitrogens with zero attached hydrogens (tertiary/aromatic N) is 1. The topological polar surface area (TPSA) is 112 Å². The van der Waals surface area contributed by atoms with Gasteiger partial charge < -0.3 is 19.9 Å². The molecule has 0 fully saturated rings. The SMILES string of the molecule is CCOC(=O)C1=C(C)O[C@@]23OC(N)=C(C#N)[C@]12C(=O)c1ccccc13. The van der Waals surface area contributed by atoms with Crippen LogP contribution < -0.4 is 5.73 Å². The van der Waals surface area contributed by atoms with Crippen molar-refractivity contribution in [2.24, 2.45) is 11.1 Å². The molecule has 0 aromatic heterocycles. The number of carbonyl (C=O) groups excluding carboxylic acids is 2. The van der Waals surface area contributed by atoms with Crippen molar-refractivity contribution < 1.29 is 23.8 Å². The van der Waals surface area contributed by atoms with Crippen molar-refractivity contribution in [2.45, 2.75) is 19.6 Å². The first-order valence-electron chi connectivity index (χ1n) is 7.76. The molecule has 1 aromatic carbocycles. The Morgan fingerprint density at radius 2 is 2.08 bits per heavy atom. The quantitative estimate of drug-likeness (QED) is 0.815. The van der Waals surface area contributed by atoms with E-state index >= 15 is 0 Å². The van der Waals surface area contributed by atoms with E-state index < -0.39 is 23.0 Å². The van der Waals surface area contributed by atoms with Crippen LogP contribution in [-0.4, -0.2) is 18.4 Å². The molecule has 7 heteroatoms. The lowest BCUT2D eigenvalue weighted by Crippen LogP contribution is -2.45. The van der Waals surface area contributed by atoms with Crippen LogP contribution in [0.3, 0.4) is 0 Å². The number of nitrogens with two attached hydrogens (primary N) is 1. The number of rotatable bonds is 2. The number of esters is 1. The normalized spacial score (nSPS) is 28.8. The number of carbonyl (C=O) groups is 2. The van der Waals surface area contributed by atoms with Crippen LogP contribution in [0.4, 0.5) is 0 Å². The highest BCUT2D eigenvalue weighted by Crippen LogP contribution is 2.69. The van der Waals surface area contributed by atoms with Gasteiger partial charge in [-0.1, -0.05) is 24.3 Å². The van der Waals surface area contributed by atoms with Crippen molar-refractivity contribution in [1.82, 2.24) is 0 Å². The van der Waals surface area contributed by atoms with E-state index in [0.717, 1.165) is 0 Å². The van der Waals surface area contributed by atoms with E-state index in [9.17, 15) is 14.9 Å². The van der Waals surface area contributed by atoms with Gasteiger partial charge in [-0.05, 0) is 13.8 Å². The average molecular weight is 338 g/mol. The number of benzene rings is 1. The van der Waals surface area contributed by atoms with Crippen molar-refractivity contribution in [2.75, 3.05) is 6.61 Å². The molecule has 2 aliphatic heterocycles. The minimum Gasteiger partial charge on any atom is -0.462 e. The third kappa shape index (κ3) is 1.41. The lowest BCUT2D eigenvalue weighted by molar-refractivity contribution is -0.199. The minimum atomic E-state index is -1.77. The van der Waals surface area contributed by atoms with Crippen molar-refractivity contribution in [3.05, 3.63) is 58.2 Å². The van der Waals surface area contributed by atoms with Crippen LogP contribution in [0.2, 0.25) is 0 Å². The Morgan fingerprint density at radius 3 is 2.76 bits per heavy atom. The van der Waals surface area contributed by atoms with Gasteiger partial charge in [0.05, 0.1) is 6.61 Å². The van der Waals surface area contributed by atoms with Gasteiger partial charge in [-0.3, -0.25) is 4.79 Å². The summed E-state index contributed by atoms with van der Waals surface area (Å²) in [7, 11) is 0. The fourth-order valence-electron chi connectivity index (χ4n) is 4.05. The van der Waals surface area contributed by atoms with Gasteiger partial charge in [0, 0.05) is 11.1 Å². The van der Waals surface area contributed by atoms with Crippen LogP contribution in [0.25, 0.3) is 0 Å². The monoisotopic (exact) mass is 338 g/mol. The van der Waals surface area contributed by atoms with Gasteiger partial charge in [0.2, 0.25) is 5.88 Å². The number of hydrogen-bond acceptors (Lipinski definition) is 7. The molecule has 0 unspecified atom stereocenters. The smallest absolute Gasteiger partial charge is 0.339 e. The van der Waals surface area contributed by atoms with Crippen molar-refractivity contribution in [3.63, 3.8) is 0 Å². The number of hydrogen-bond donors (Lipinski definition) is 1. The molecule has 4 rings (SSSR count). The zero-order valence-electron chi connectivity index (χ0n) is 13.6. The lowest BCUT2D eigenvalue weighted by atomic mass is 9.69. The van der Waals surface area contributed by atoms with Gasteiger partial charge in [-0.2, -0.15) is 5.26 Å². The third-order valence-corrected chi connectivity index (χ3v) is 4.85. The van der Waals surface area contributed by atoms with E-state index in [1.54, 1.807) is 38.1 Å². The summed E-state index contributed by atoms with van der Waals surface area (Å²) in [6.07, 6.45) is 0. The van der Waals surface area contributed by atoms with Crippen LogP contribution in [-0.2, 0) is 24.8 Å². The van der Waals surface area contributed by atoms with E-state index in [-0.39, 0.29) is 29.4 Å². The van der Waals surface area contributed by atoms with Crippen LogP contribution in [0.1, 0.15) is 29.8 Å². The Bertz CT molecular complexity index is 954. The van der Waals surface area contributed by atoms with Crippen molar-refractivity contribution in [3.8, 4) is 6.07 Å². The lowest BCUT2D eigenvalue weighted by Gasteiger charge is -2.31. The van der Waals surface area contributed by atoms with E-state index in [0.29, 0.717) is 11.1 Å². The summed E-state index contributed by atoms with van der Waals surface area (Å²) in [4.78, 5) is 26.1. The molecule has 0 spiro atoms. The predicted octanol–water partition coefficient (Wildman–Crippen LogP) is 1.61.